The number of hydrogen-bond acceptors (Lipinski definition) is 5. The summed E-state index contributed by atoms with van der Waals surface area (Å²) in [6.45, 7) is 3.53. The molecule has 0 bridgehead atoms. The standard InChI is InChI=1S/C24H25FN4S/c1-16-11-20(29-15-24(25)6-2-7-26-14-24)23-21(27-8-9-28-23)13-19(16)17-3-4-22-18(12-17)5-10-30-22/h3-5,8-12,19,26H,2,6-7,13-15H2,1H3. The van der Waals surface area contributed by atoms with E-state index in [9.17, 15) is 0 Å². The van der Waals surface area contributed by atoms with E-state index in [1.807, 2.05) is 0 Å². The summed E-state index contributed by atoms with van der Waals surface area (Å²) in [6.07, 6.45) is 7.68. The second-order valence-electron chi connectivity index (χ2n) is 8.35. The van der Waals surface area contributed by atoms with Crippen molar-refractivity contribution in [2.24, 2.45) is 4.99 Å². The first-order chi connectivity index (χ1) is 14.6. The van der Waals surface area contributed by atoms with E-state index in [0.717, 1.165) is 36.5 Å². The van der Waals surface area contributed by atoms with Gasteiger partial charge < -0.3 is 5.32 Å². The van der Waals surface area contributed by atoms with Crippen molar-refractivity contribution in [3.63, 3.8) is 0 Å². The Bertz CT molecular complexity index is 1130. The van der Waals surface area contributed by atoms with Crippen LogP contribution >= 0.6 is 11.3 Å². The Labute approximate surface area is 180 Å². The van der Waals surface area contributed by atoms with Crippen LogP contribution in [-0.4, -0.2) is 41.0 Å². The molecule has 1 aromatic carbocycles. The van der Waals surface area contributed by atoms with Gasteiger partial charge in [-0.2, -0.15) is 0 Å². The van der Waals surface area contributed by atoms with Crippen LogP contribution in [0.15, 0.2) is 58.7 Å². The maximum absolute atomic E-state index is 15.1. The highest BCUT2D eigenvalue weighted by molar-refractivity contribution is 7.17. The number of thiophene rings is 1. The van der Waals surface area contributed by atoms with Crippen molar-refractivity contribution < 1.29 is 4.39 Å². The second kappa shape index (κ2) is 8.00. The van der Waals surface area contributed by atoms with Crippen molar-refractivity contribution in [3.05, 3.63) is 70.6 Å². The van der Waals surface area contributed by atoms with Gasteiger partial charge >= 0.3 is 0 Å². The minimum absolute atomic E-state index is 0.153. The number of nitrogens with one attached hydrogen (secondary N) is 1. The van der Waals surface area contributed by atoms with Gasteiger partial charge in [0.15, 0.2) is 0 Å². The summed E-state index contributed by atoms with van der Waals surface area (Å²) in [6, 6.07) is 8.85. The lowest BCUT2D eigenvalue weighted by Crippen LogP contribution is -2.44. The number of hydrogen-bond donors (Lipinski definition) is 1. The molecule has 3 aromatic rings. The number of aliphatic imine (C=N–C) groups is 1. The average molecular weight is 421 g/mol. The lowest BCUT2D eigenvalue weighted by molar-refractivity contribution is 0.132. The van der Waals surface area contributed by atoms with Crippen molar-refractivity contribution in [2.45, 2.75) is 37.8 Å². The van der Waals surface area contributed by atoms with Gasteiger partial charge in [0.05, 0.1) is 18.0 Å². The third kappa shape index (κ3) is 3.82. The molecule has 6 heteroatoms. The summed E-state index contributed by atoms with van der Waals surface area (Å²) >= 11 is 1.76. The van der Waals surface area contributed by atoms with E-state index in [2.05, 4.69) is 57.9 Å². The van der Waals surface area contributed by atoms with E-state index in [-0.39, 0.29) is 12.5 Å². The Morgan fingerprint density at radius 2 is 2.17 bits per heavy atom. The fourth-order valence-corrected chi connectivity index (χ4v) is 5.24. The number of benzene rings is 1. The predicted molar refractivity (Wildman–Crippen MR) is 121 cm³/mol. The summed E-state index contributed by atoms with van der Waals surface area (Å²) in [5.41, 5.74) is 3.64. The second-order valence-corrected chi connectivity index (χ2v) is 9.29. The van der Waals surface area contributed by atoms with Gasteiger partial charge in [0.1, 0.15) is 11.4 Å². The van der Waals surface area contributed by atoms with E-state index in [4.69, 9.17) is 4.99 Å². The molecule has 1 N–H and O–H groups in total. The lowest BCUT2D eigenvalue weighted by Gasteiger charge is -2.28. The minimum Gasteiger partial charge on any atom is -0.313 e. The molecule has 2 aliphatic rings. The fraction of sp³-hybridized carbons (Fsp3) is 0.375. The maximum Gasteiger partial charge on any atom is 0.142 e. The third-order valence-corrected chi connectivity index (χ3v) is 7.06. The molecule has 1 aliphatic carbocycles. The first-order valence-electron chi connectivity index (χ1n) is 10.5. The number of fused-ring (bicyclic) bond motifs is 2. The highest BCUT2D eigenvalue weighted by Crippen LogP contribution is 2.34. The van der Waals surface area contributed by atoms with E-state index >= 15 is 4.39 Å². The van der Waals surface area contributed by atoms with Gasteiger partial charge in [-0.1, -0.05) is 11.6 Å². The van der Waals surface area contributed by atoms with Crippen LogP contribution in [0.4, 0.5) is 4.39 Å². The van der Waals surface area contributed by atoms with E-state index in [0.29, 0.717) is 13.0 Å². The molecule has 4 nitrogen and oxygen atoms in total. The van der Waals surface area contributed by atoms with E-state index in [1.54, 1.807) is 23.7 Å². The number of piperidine rings is 1. The van der Waals surface area contributed by atoms with Crippen molar-refractivity contribution in [1.29, 1.82) is 0 Å². The minimum atomic E-state index is -1.29. The van der Waals surface area contributed by atoms with Crippen LogP contribution in [0.25, 0.3) is 10.1 Å². The first-order valence-corrected chi connectivity index (χ1v) is 11.4. The molecule has 1 fully saturated rings. The van der Waals surface area contributed by atoms with Gasteiger partial charge in [-0.3, -0.25) is 15.0 Å². The number of rotatable bonds is 3. The predicted octanol–water partition coefficient (Wildman–Crippen LogP) is 4.86. The smallest absolute Gasteiger partial charge is 0.142 e. The van der Waals surface area contributed by atoms with Gasteiger partial charge in [-0.15, -0.1) is 11.3 Å². The normalized spacial score (nSPS) is 25.7. The molecule has 1 saturated heterocycles. The van der Waals surface area contributed by atoms with E-state index in [1.165, 1.54) is 21.2 Å². The molecular formula is C24H25FN4S. The van der Waals surface area contributed by atoms with Crippen LogP contribution in [0.3, 0.4) is 0 Å². The highest BCUT2D eigenvalue weighted by Gasteiger charge is 2.32. The number of alkyl halides is 1. The van der Waals surface area contributed by atoms with Crippen LogP contribution in [0.5, 0.6) is 0 Å². The van der Waals surface area contributed by atoms with Gasteiger partial charge in [0.2, 0.25) is 0 Å². The molecule has 3 heterocycles. The molecule has 2 aromatic heterocycles. The summed E-state index contributed by atoms with van der Waals surface area (Å²) in [5, 5.41) is 6.56. The van der Waals surface area contributed by atoms with Crippen molar-refractivity contribution in [1.82, 2.24) is 15.3 Å². The third-order valence-electron chi connectivity index (χ3n) is 6.16. The molecule has 5 rings (SSSR count). The molecule has 0 radical (unpaired) electrons. The Balaban J connectivity index is 1.53. The molecule has 2 unspecified atom stereocenters. The molecule has 0 spiro atoms. The number of halogens is 1. The van der Waals surface area contributed by atoms with Crippen LogP contribution in [-0.2, 0) is 6.42 Å². The van der Waals surface area contributed by atoms with Crippen molar-refractivity contribution >= 4 is 27.1 Å². The summed E-state index contributed by atoms with van der Waals surface area (Å²) < 4.78 is 16.4. The molecule has 2 atom stereocenters. The van der Waals surface area contributed by atoms with Crippen LogP contribution in [0, 0.1) is 0 Å². The molecule has 0 saturated carbocycles. The zero-order chi connectivity index (χ0) is 20.6. The zero-order valence-corrected chi connectivity index (χ0v) is 17.9. The highest BCUT2D eigenvalue weighted by atomic mass is 32.1. The summed E-state index contributed by atoms with van der Waals surface area (Å²) in [7, 11) is 0. The van der Waals surface area contributed by atoms with Crippen molar-refractivity contribution in [2.75, 3.05) is 19.6 Å². The molecule has 0 amide bonds. The Kier molecular flexibility index (Phi) is 5.21. The zero-order valence-electron chi connectivity index (χ0n) is 17.1. The Morgan fingerprint density at radius 3 is 3.03 bits per heavy atom. The van der Waals surface area contributed by atoms with Gasteiger partial charge in [-0.25, -0.2) is 4.39 Å². The number of aromatic nitrogens is 2. The van der Waals surface area contributed by atoms with Crippen LogP contribution in [0.1, 0.15) is 42.6 Å². The van der Waals surface area contributed by atoms with Gasteiger partial charge in [0, 0.05) is 36.0 Å². The topological polar surface area (TPSA) is 50.2 Å². The molecule has 1 aliphatic heterocycles. The molecular weight excluding hydrogens is 395 g/mol. The lowest BCUT2D eigenvalue weighted by atomic mass is 9.88. The SMILES string of the molecule is CC1=CC(=NCC2(F)CCCNC2)c2nccnc2CC1c1ccc2sccc2c1. The Morgan fingerprint density at radius 1 is 1.27 bits per heavy atom. The maximum atomic E-state index is 15.1. The Hall–Kier alpha value is -2.44. The van der Waals surface area contributed by atoms with E-state index < -0.39 is 5.67 Å². The average Bonchev–Trinajstić information content (AvgIpc) is 3.18. The molecule has 154 valence electrons. The number of allylic oxidation sites excluding steroid dienone is 2. The number of nitrogens with zero attached hydrogens (tertiary/aromatic N) is 3. The quantitative estimate of drug-likeness (QED) is 0.658. The van der Waals surface area contributed by atoms with Gasteiger partial charge in [-0.05, 0) is 66.9 Å². The van der Waals surface area contributed by atoms with Crippen molar-refractivity contribution in [3.8, 4) is 0 Å². The first kappa shape index (κ1) is 19.5. The van der Waals surface area contributed by atoms with Crippen LogP contribution < -0.4 is 5.32 Å². The largest absolute Gasteiger partial charge is 0.313 e. The summed E-state index contributed by atoms with van der Waals surface area (Å²) in [5.74, 6) is 0.202. The monoisotopic (exact) mass is 420 g/mol. The van der Waals surface area contributed by atoms with Gasteiger partial charge in [0.25, 0.3) is 0 Å². The fourth-order valence-electron chi connectivity index (χ4n) is 4.47. The van der Waals surface area contributed by atoms with Crippen LogP contribution in [0.2, 0.25) is 0 Å². The summed E-state index contributed by atoms with van der Waals surface area (Å²) in [4.78, 5) is 13.9. The molecule has 30 heavy (non-hydrogen) atoms.